The number of amides is 1. The standard InChI is InChI=1S/C26H22Cl2N2O5S/c1-16(31)17-2-9-24-23(12-17)25(32)30(14-21-8-7-20(28)13-29-21)26(24,18-3-5-19(27)6-4-18)35-22-10-11-36(33,34)15-22/h2-9,12-13,22H,10-11,14-15H2,1H3. The van der Waals surface area contributed by atoms with Crippen LogP contribution >= 0.6 is 23.2 Å². The number of ketones is 1. The Hall–Kier alpha value is -2.78. The van der Waals surface area contributed by atoms with E-state index in [9.17, 15) is 18.0 Å². The maximum atomic E-state index is 13.9. The van der Waals surface area contributed by atoms with E-state index in [0.717, 1.165) is 0 Å². The third-order valence-electron chi connectivity index (χ3n) is 6.52. The van der Waals surface area contributed by atoms with E-state index in [-0.39, 0.29) is 29.7 Å². The lowest BCUT2D eigenvalue weighted by Gasteiger charge is -2.41. The molecule has 1 aromatic heterocycles. The van der Waals surface area contributed by atoms with Gasteiger partial charge in [-0.15, -0.1) is 0 Å². The Bertz CT molecular complexity index is 1460. The van der Waals surface area contributed by atoms with Gasteiger partial charge < -0.3 is 4.74 Å². The van der Waals surface area contributed by atoms with Crippen molar-refractivity contribution in [3.63, 3.8) is 0 Å². The lowest BCUT2D eigenvalue weighted by Crippen LogP contribution is -2.48. The van der Waals surface area contributed by atoms with E-state index in [1.807, 2.05) is 0 Å². The summed E-state index contributed by atoms with van der Waals surface area (Å²) in [5.74, 6) is -0.675. The van der Waals surface area contributed by atoms with Crippen LogP contribution in [0.5, 0.6) is 0 Å². The molecule has 5 rings (SSSR count). The Labute approximate surface area is 218 Å². The highest BCUT2D eigenvalue weighted by molar-refractivity contribution is 7.91. The third-order valence-corrected chi connectivity index (χ3v) is 8.73. The fourth-order valence-corrected chi connectivity index (χ4v) is 6.62. The van der Waals surface area contributed by atoms with Crippen LogP contribution in [0.25, 0.3) is 0 Å². The molecule has 0 saturated carbocycles. The molecule has 36 heavy (non-hydrogen) atoms. The van der Waals surface area contributed by atoms with Gasteiger partial charge in [-0.05, 0) is 43.7 Å². The van der Waals surface area contributed by atoms with Crippen molar-refractivity contribution in [2.75, 3.05) is 11.5 Å². The van der Waals surface area contributed by atoms with E-state index in [4.69, 9.17) is 27.9 Å². The normalized spacial score (nSPS) is 22.6. The van der Waals surface area contributed by atoms with Gasteiger partial charge in [-0.2, -0.15) is 0 Å². The van der Waals surface area contributed by atoms with Gasteiger partial charge in [-0.1, -0.05) is 47.5 Å². The van der Waals surface area contributed by atoms with Gasteiger partial charge in [-0.25, -0.2) is 8.42 Å². The van der Waals surface area contributed by atoms with Crippen LogP contribution in [0.4, 0.5) is 0 Å². The Kier molecular flexibility index (Phi) is 6.41. The first kappa shape index (κ1) is 24.9. The zero-order valence-electron chi connectivity index (χ0n) is 19.3. The van der Waals surface area contributed by atoms with E-state index in [1.54, 1.807) is 54.6 Å². The fourth-order valence-electron chi connectivity index (χ4n) is 4.79. The van der Waals surface area contributed by atoms with Gasteiger partial charge in [0.15, 0.2) is 21.3 Å². The first-order valence-electron chi connectivity index (χ1n) is 11.3. The highest BCUT2D eigenvalue weighted by Gasteiger charge is 2.54. The van der Waals surface area contributed by atoms with E-state index in [0.29, 0.717) is 44.4 Å². The highest BCUT2D eigenvalue weighted by Crippen LogP contribution is 2.48. The van der Waals surface area contributed by atoms with E-state index in [2.05, 4.69) is 4.98 Å². The maximum absolute atomic E-state index is 13.9. The number of nitrogens with zero attached hydrogens (tertiary/aromatic N) is 2. The molecular weight excluding hydrogens is 523 g/mol. The Balaban J connectivity index is 1.72. The number of halogens is 2. The summed E-state index contributed by atoms with van der Waals surface area (Å²) >= 11 is 12.2. The lowest BCUT2D eigenvalue weighted by atomic mass is 9.91. The molecule has 0 radical (unpaired) electrons. The Morgan fingerprint density at radius 3 is 2.44 bits per heavy atom. The summed E-state index contributed by atoms with van der Waals surface area (Å²) < 4.78 is 31.3. The predicted octanol–water partition coefficient (Wildman–Crippen LogP) is 4.65. The number of sulfone groups is 1. The number of hydrogen-bond acceptors (Lipinski definition) is 6. The van der Waals surface area contributed by atoms with Crippen LogP contribution in [-0.4, -0.2) is 47.6 Å². The van der Waals surface area contributed by atoms with E-state index >= 15 is 0 Å². The first-order chi connectivity index (χ1) is 17.1. The van der Waals surface area contributed by atoms with Crippen LogP contribution in [0.3, 0.4) is 0 Å². The molecule has 186 valence electrons. The third kappa shape index (κ3) is 4.43. The number of carbonyl (C=O) groups is 2. The van der Waals surface area contributed by atoms with Gasteiger partial charge in [0.1, 0.15) is 0 Å². The minimum atomic E-state index is -3.26. The molecule has 2 atom stereocenters. The quantitative estimate of drug-likeness (QED) is 0.419. The molecule has 0 N–H and O–H groups in total. The van der Waals surface area contributed by atoms with Crippen molar-refractivity contribution < 1.29 is 22.7 Å². The van der Waals surface area contributed by atoms with Gasteiger partial charge in [-0.3, -0.25) is 19.5 Å². The molecule has 1 amide bonds. The fraction of sp³-hybridized carbons (Fsp3) is 0.269. The second kappa shape index (κ2) is 9.27. The monoisotopic (exact) mass is 544 g/mol. The Morgan fingerprint density at radius 2 is 1.83 bits per heavy atom. The van der Waals surface area contributed by atoms with Crippen LogP contribution in [0.1, 0.15) is 50.9 Å². The van der Waals surface area contributed by atoms with Crippen molar-refractivity contribution >= 4 is 44.7 Å². The van der Waals surface area contributed by atoms with Gasteiger partial charge in [0.2, 0.25) is 0 Å². The number of Topliss-reactive ketones (excluding diaryl/α,β-unsaturated/α-hetero) is 1. The van der Waals surface area contributed by atoms with Gasteiger partial charge in [0.25, 0.3) is 5.91 Å². The predicted molar refractivity (Wildman–Crippen MR) is 136 cm³/mol. The molecule has 2 aliphatic rings. The second-order valence-corrected chi connectivity index (χ2v) is 12.1. The van der Waals surface area contributed by atoms with E-state index in [1.165, 1.54) is 18.0 Å². The number of hydrogen-bond donors (Lipinski definition) is 0. The number of pyridine rings is 1. The number of ether oxygens (including phenoxy) is 1. The molecule has 1 fully saturated rings. The van der Waals surface area contributed by atoms with Crippen LogP contribution < -0.4 is 0 Å². The van der Waals surface area contributed by atoms with Crippen LogP contribution in [-0.2, 0) is 26.8 Å². The van der Waals surface area contributed by atoms with Crippen LogP contribution in [0.2, 0.25) is 10.0 Å². The highest BCUT2D eigenvalue weighted by atomic mass is 35.5. The van der Waals surface area contributed by atoms with Gasteiger partial charge >= 0.3 is 0 Å². The summed E-state index contributed by atoms with van der Waals surface area (Å²) in [7, 11) is -3.26. The minimum Gasteiger partial charge on any atom is -0.343 e. The Morgan fingerprint density at radius 1 is 1.11 bits per heavy atom. The smallest absolute Gasteiger partial charge is 0.257 e. The van der Waals surface area contributed by atoms with Crippen LogP contribution in [0.15, 0.2) is 60.8 Å². The van der Waals surface area contributed by atoms with Crippen molar-refractivity contribution in [3.05, 3.63) is 98.8 Å². The lowest BCUT2D eigenvalue weighted by molar-refractivity contribution is -0.140. The summed E-state index contributed by atoms with van der Waals surface area (Å²) in [6.45, 7) is 1.49. The van der Waals surface area contributed by atoms with Crippen molar-refractivity contribution in [3.8, 4) is 0 Å². The van der Waals surface area contributed by atoms with E-state index < -0.39 is 21.7 Å². The molecule has 7 nitrogen and oxygen atoms in total. The SMILES string of the molecule is CC(=O)c1ccc2c(c1)C(=O)N(Cc1ccc(Cl)cn1)C2(OC1CCS(=O)(=O)C1)c1ccc(Cl)cc1. The van der Waals surface area contributed by atoms with Crippen molar-refractivity contribution in [2.45, 2.75) is 31.7 Å². The number of benzene rings is 2. The second-order valence-electron chi connectivity index (χ2n) is 8.97. The molecule has 0 spiro atoms. The molecule has 2 unspecified atom stereocenters. The molecule has 3 aromatic rings. The summed E-state index contributed by atoms with van der Waals surface area (Å²) in [4.78, 5) is 31.9. The number of fused-ring (bicyclic) bond motifs is 1. The number of carbonyl (C=O) groups excluding carboxylic acids is 2. The van der Waals surface area contributed by atoms with Crippen LogP contribution in [0, 0.1) is 0 Å². The van der Waals surface area contributed by atoms with Gasteiger partial charge in [0.05, 0.1) is 34.9 Å². The number of rotatable bonds is 6. The first-order valence-corrected chi connectivity index (χ1v) is 13.9. The zero-order chi connectivity index (χ0) is 25.7. The average molecular weight is 545 g/mol. The zero-order valence-corrected chi connectivity index (χ0v) is 21.6. The molecule has 0 aliphatic carbocycles. The topological polar surface area (TPSA) is 93.6 Å². The van der Waals surface area contributed by atoms with Crippen molar-refractivity contribution in [1.82, 2.24) is 9.88 Å². The number of aromatic nitrogens is 1. The molecule has 3 heterocycles. The summed E-state index contributed by atoms with van der Waals surface area (Å²) in [6.07, 6.45) is 1.16. The maximum Gasteiger partial charge on any atom is 0.257 e. The van der Waals surface area contributed by atoms with Gasteiger partial charge in [0, 0.05) is 33.5 Å². The minimum absolute atomic E-state index is 0.0111. The summed E-state index contributed by atoms with van der Waals surface area (Å²) in [6, 6.07) is 15.2. The average Bonchev–Trinajstić information content (AvgIpc) is 3.30. The largest absolute Gasteiger partial charge is 0.343 e. The van der Waals surface area contributed by atoms with Crippen molar-refractivity contribution in [1.29, 1.82) is 0 Å². The molecule has 2 aliphatic heterocycles. The molecular formula is C26H22Cl2N2O5S. The molecule has 2 aromatic carbocycles. The summed E-state index contributed by atoms with van der Waals surface area (Å²) in [5, 5.41) is 0.956. The molecule has 1 saturated heterocycles. The summed E-state index contributed by atoms with van der Waals surface area (Å²) in [5.41, 5.74) is 0.937. The van der Waals surface area contributed by atoms with Crippen molar-refractivity contribution in [2.24, 2.45) is 0 Å². The molecule has 0 bridgehead atoms. The molecule has 10 heteroatoms.